The molecule has 0 amide bonds. The van der Waals surface area contributed by atoms with Crippen molar-refractivity contribution in [3.05, 3.63) is 30.7 Å². The van der Waals surface area contributed by atoms with Crippen LogP contribution in [0.3, 0.4) is 0 Å². The third kappa shape index (κ3) is 1.64. The molecule has 11 heavy (non-hydrogen) atoms. The van der Waals surface area contributed by atoms with E-state index in [0.717, 1.165) is 5.56 Å². The molecule has 2 heteroatoms. The normalized spacial score (nSPS) is 9.64. The van der Waals surface area contributed by atoms with Gasteiger partial charge < -0.3 is 9.84 Å². The minimum absolute atomic E-state index is 0.171. The summed E-state index contributed by atoms with van der Waals surface area (Å²) in [5.41, 5.74) is 1.06. The highest BCUT2D eigenvalue weighted by molar-refractivity contribution is 5.41. The second kappa shape index (κ2) is 3.28. The molecule has 0 spiro atoms. The molecule has 0 heterocycles. The van der Waals surface area contributed by atoms with Crippen LogP contribution in [-0.2, 0) is 6.42 Å². The molecule has 0 unspecified atom stereocenters. The van der Waals surface area contributed by atoms with Gasteiger partial charge in [-0.2, -0.15) is 0 Å². The Hall–Kier alpha value is -1.18. The summed E-state index contributed by atoms with van der Waals surface area (Å²) in [6, 6.07) is 5.21. The van der Waals surface area contributed by atoms with E-state index in [2.05, 4.69) is 6.92 Å². The summed E-state index contributed by atoms with van der Waals surface area (Å²) in [6.45, 7) is 3.72. The number of phenolic OH excluding ortho intramolecular Hbond substituents is 1. The first-order valence-electron chi connectivity index (χ1n) is 3.43. The van der Waals surface area contributed by atoms with Crippen molar-refractivity contribution in [3.8, 4) is 11.5 Å². The summed E-state index contributed by atoms with van der Waals surface area (Å²) in [4.78, 5) is 0. The van der Waals surface area contributed by atoms with Crippen LogP contribution in [0.4, 0.5) is 0 Å². The number of hydrogen-bond donors (Lipinski definition) is 1. The van der Waals surface area contributed by atoms with Crippen molar-refractivity contribution in [2.45, 2.75) is 6.42 Å². The molecule has 1 N–H and O–H groups in total. The highest BCUT2D eigenvalue weighted by Gasteiger charge is 1.99. The fourth-order valence-corrected chi connectivity index (χ4v) is 0.878. The van der Waals surface area contributed by atoms with Gasteiger partial charge in [0.25, 0.3) is 0 Å². The summed E-state index contributed by atoms with van der Waals surface area (Å²) in [7, 11) is 1.53. The summed E-state index contributed by atoms with van der Waals surface area (Å²) in [5.74, 6) is 0.677. The first kappa shape index (κ1) is 7.92. The van der Waals surface area contributed by atoms with Crippen LogP contribution in [0, 0.1) is 6.92 Å². The summed E-state index contributed by atoms with van der Waals surface area (Å²) < 4.78 is 4.91. The molecule has 2 nitrogen and oxygen atoms in total. The van der Waals surface area contributed by atoms with Crippen LogP contribution in [0.15, 0.2) is 18.2 Å². The Morgan fingerprint density at radius 1 is 1.55 bits per heavy atom. The summed E-state index contributed by atoms with van der Waals surface area (Å²) in [5, 5.41) is 9.19. The van der Waals surface area contributed by atoms with Crippen LogP contribution in [0.2, 0.25) is 0 Å². The van der Waals surface area contributed by atoms with E-state index in [1.165, 1.54) is 7.11 Å². The highest BCUT2D eigenvalue weighted by atomic mass is 16.5. The van der Waals surface area contributed by atoms with E-state index in [-0.39, 0.29) is 5.75 Å². The van der Waals surface area contributed by atoms with Gasteiger partial charge in [0.05, 0.1) is 7.11 Å². The zero-order valence-corrected chi connectivity index (χ0v) is 6.50. The van der Waals surface area contributed by atoms with Crippen molar-refractivity contribution < 1.29 is 9.84 Å². The zero-order chi connectivity index (χ0) is 8.27. The van der Waals surface area contributed by atoms with E-state index in [1.807, 2.05) is 6.07 Å². The Bertz CT molecular complexity index is 243. The van der Waals surface area contributed by atoms with Crippen molar-refractivity contribution >= 4 is 0 Å². The monoisotopic (exact) mass is 151 g/mol. The predicted octanol–water partition coefficient (Wildman–Crippen LogP) is 1.78. The van der Waals surface area contributed by atoms with Crippen LogP contribution in [0.1, 0.15) is 5.56 Å². The Morgan fingerprint density at radius 3 is 2.82 bits per heavy atom. The van der Waals surface area contributed by atoms with Crippen LogP contribution in [0.5, 0.6) is 11.5 Å². The van der Waals surface area contributed by atoms with Crippen molar-refractivity contribution in [1.29, 1.82) is 0 Å². The molecule has 1 radical (unpaired) electrons. The summed E-state index contributed by atoms with van der Waals surface area (Å²) in [6.07, 6.45) is 0.705. The first-order chi connectivity index (χ1) is 5.27. The van der Waals surface area contributed by atoms with Gasteiger partial charge in [-0.3, -0.25) is 0 Å². The molecular formula is C9H11O2. The number of aromatic hydroxyl groups is 1. The molecule has 1 rings (SSSR count). The fraction of sp³-hybridized carbons (Fsp3) is 0.222. The van der Waals surface area contributed by atoms with Crippen LogP contribution in [0.25, 0.3) is 0 Å². The predicted molar refractivity (Wildman–Crippen MR) is 43.7 cm³/mol. The van der Waals surface area contributed by atoms with Crippen molar-refractivity contribution in [2.24, 2.45) is 0 Å². The number of benzene rings is 1. The number of methoxy groups -OCH3 is 1. The molecule has 0 saturated heterocycles. The topological polar surface area (TPSA) is 29.5 Å². The van der Waals surface area contributed by atoms with E-state index in [4.69, 9.17) is 4.74 Å². The lowest BCUT2D eigenvalue weighted by molar-refractivity contribution is 0.373. The Kier molecular flexibility index (Phi) is 2.36. The lowest BCUT2D eigenvalue weighted by Gasteiger charge is -2.03. The summed E-state index contributed by atoms with van der Waals surface area (Å²) >= 11 is 0. The first-order valence-corrected chi connectivity index (χ1v) is 3.43. The van der Waals surface area contributed by atoms with Crippen LogP contribution < -0.4 is 4.74 Å². The van der Waals surface area contributed by atoms with Crippen LogP contribution >= 0.6 is 0 Å². The van der Waals surface area contributed by atoms with Gasteiger partial charge in [0, 0.05) is 0 Å². The minimum atomic E-state index is 0.171. The van der Waals surface area contributed by atoms with Gasteiger partial charge in [0.15, 0.2) is 11.5 Å². The maximum Gasteiger partial charge on any atom is 0.160 e. The number of phenols is 1. The van der Waals surface area contributed by atoms with E-state index >= 15 is 0 Å². The zero-order valence-electron chi connectivity index (χ0n) is 6.50. The molecule has 0 fully saturated rings. The molecule has 0 bridgehead atoms. The molecule has 0 saturated carbocycles. The van der Waals surface area contributed by atoms with Gasteiger partial charge in [-0.25, -0.2) is 0 Å². The van der Waals surface area contributed by atoms with E-state index in [9.17, 15) is 5.11 Å². The quantitative estimate of drug-likeness (QED) is 0.698. The number of hydrogen-bond acceptors (Lipinski definition) is 2. The molecule has 59 valence electrons. The van der Waals surface area contributed by atoms with Crippen LogP contribution in [-0.4, -0.2) is 12.2 Å². The largest absolute Gasteiger partial charge is 0.504 e. The van der Waals surface area contributed by atoms with Crippen molar-refractivity contribution in [2.75, 3.05) is 7.11 Å². The molecule has 0 atom stereocenters. The van der Waals surface area contributed by atoms with Gasteiger partial charge in [-0.1, -0.05) is 6.07 Å². The second-order valence-corrected chi connectivity index (χ2v) is 2.26. The lowest BCUT2D eigenvalue weighted by Crippen LogP contribution is -1.86. The molecular weight excluding hydrogens is 140 g/mol. The molecule has 0 aliphatic heterocycles. The molecule has 1 aromatic carbocycles. The average molecular weight is 151 g/mol. The molecule has 0 aliphatic rings. The van der Waals surface area contributed by atoms with Crippen molar-refractivity contribution in [3.63, 3.8) is 0 Å². The standard InChI is InChI=1S/C9H11O2/c1-3-7-4-5-8(10)9(6-7)11-2/h4-6,10H,1,3H2,2H3. The average Bonchev–Trinajstić information content (AvgIpc) is 2.05. The van der Waals surface area contributed by atoms with E-state index in [0.29, 0.717) is 12.2 Å². The maximum absolute atomic E-state index is 9.19. The number of ether oxygens (including phenoxy) is 1. The van der Waals surface area contributed by atoms with Gasteiger partial charge in [0.1, 0.15) is 0 Å². The SMILES string of the molecule is [CH2]Cc1ccc(O)c(OC)c1. The minimum Gasteiger partial charge on any atom is -0.504 e. The Balaban J connectivity index is 3.02. The number of rotatable bonds is 2. The second-order valence-electron chi connectivity index (χ2n) is 2.26. The maximum atomic E-state index is 9.19. The highest BCUT2D eigenvalue weighted by Crippen LogP contribution is 2.26. The third-order valence-corrected chi connectivity index (χ3v) is 1.53. The lowest BCUT2D eigenvalue weighted by atomic mass is 10.1. The van der Waals surface area contributed by atoms with E-state index in [1.54, 1.807) is 12.1 Å². The smallest absolute Gasteiger partial charge is 0.160 e. The van der Waals surface area contributed by atoms with Gasteiger partial charge in [-0.15, -0.1) is 0 Å². The van der Waals surface area contributed by atoms with E-state index < -0.39 is 0 Å². The fourth-order valence-electron chi connectivity index (χ4n) is 0.878. The van der Waals surface area contributed by atoms with Crippen molar-refractivity contribution in [1.82, 2.24) is 0 Å². The third-order valence-electron chi connectivity index (χ3n) is 1.53. The molecule has 0 aliphatic carbocycles. The molecule has 1 aromatic rings. The van der Waals surface area contributed by atoms with Gasteiger partial charge >= 0.3 is 0 Å². The van der Waals surface area contributed by atoms with Gasteiger partial charge in [-0.05, 0) is 31.0 Å². The van der Waals surface area contributed by atoms with Gasteiger partial charge in [0.2, 0.25) is 0 Å². The Morgan fingerprint density at radius 2 is 2.27 bits per heavy atom. The Labute approximate surface area is 66.4 Å². The molecule has 0 aromatic heterocycles.